The van der Waals surface area contributed by atoms with E-state index in [-0.39, 0.29) is 5.82 Å². The summed E-state index contributed by atoms with van der Waals surface area (Å²) in [6.07, 6.45) is 0. The predicted octanol–water partition coefficient (Wildman–Crippen LogP) is 2.91. The minimum absolute atomic E-state index is 0.262. The molecule has 18 heavy (non-hydrogen) atoms. The molecule has 1 heterocycles. The van der Waals surface area contributed by atoms with Crippen LogP contribution in [0.25, 0.3) is 0 Å². The summed E-state index contributed by atoms with van der Waals surface area (Å²) in [6, 6.07) is 6.52. The van der Waals surface area contributed by atoms with Crippen LogP contribution in [0, 0.1) is 12.7 Å². The molecule has 0 spiro atoms. The van der Waals surface area contributed by atoms with Crippen LogP contribution in [-0.2, 0) is 6.54 Å². The first kappa shape index (κ1) is 12.6. The van der Waals surface area contributed by atoms with E-state index in [0.29, 0.717) is 12.1 Å². The van der Waals surface area contributed by atoms with Crippen molar-refractivity contribution in [3.63, 3.8) is 0 Å². The normalized spacial score (nSPS) is 10.3. The van der Waals surface area contributed by atoms with Gasteiger partial charge in [0.05, 0.1) is 5.56 Å². The number of aryl methyl sites for hydroxylation is 1. The van der Waals surface area contributed by atoms with Crippen LogP contribution < -0.4 is 11.1 Å². The molecule has 0 fully saturated rings. The summed E-state index contributed by atoms with van der Waals surface area (Å²) in [5.41, 5.74) is 7.26. The zero-order valence-corrected chi connectivity index (χ0v) is 10.7. The molecule has 3 nitrogen and oxygen atoms in total. The van der Waals surface area contributed by atoms with Gasteiger partial charge in [0.25, 0.3) is 0 Å². The lowest BCUT2D eigenvalue weighted by Crippen LogP contribution is -2.09. The quantitative estimate of drug-likeness (QED) is 0.892. The maximum atomic E-state index is 13.2. The molecule has 0 saturated carbocycles. The fourth-order valence-electron chi connectivity index (χ4n) is 1.63. The number of hydrogen-bond acceptors (Lipinski definition) is 3. The Morgan fingerprint density at radius 2 is 2.17 bits per heavy atom. The smallest absolute Gasteiger partial charge is 0.249 e. The number of halogens is 1. The van der Waals surface area contributed by atoms with E-state index in [2.05, 4.69) is 5.32 Å². The third kappa shape index (κ3) is 3.07. The lowest BCUT2D eigenvalue weighted by atomic mass is 10.2. The van der Waals surface area contributed by atoms with E-state index in [9.17, 15) is 9.18 Å². The fraction of sp³-hybridized carbons (Fsp3) is 0.154. The molecule has 1 amide bonds. The first-order valence-electron chi connectivity index (χ1n) is 5.43. The number of amides is 1. The van der Waals surface area contributed by atoms with E-state index in [1.165, 1.54) is 23.5 Å². The lowest BCUT2D eigenvalue weighted by Gasteiger charge is -2.06. The van der Waals surface area contributed by atoms with Crippen molar-refractivity contribution in [2.75, 3.05) is 5.32 Å². The van der Waals surface area contributed by atoms with Gasteiger partial charge in [0.15, 0.2) is 0 Å². The summed E-state index contributed by atoms with van der Waals surface area (Å²) < 4.78 is 13.2. The molecule has 3 N–H and O–H groups in total. The first-order chi connectivity index (χ1) is 8.54. The number of primary amides is 1. The second-order valence-corrected chi connectivity index (χ2v) is 5.03. The van der Waals surface area contributed by atoms with Crippen molar-refractivity contribution < 1.29 is 9.18 Å². The molecule has 0 unspecified atom stereocenters. The van der Waals surface area contributed by atoms with E-state index < -0.39 is 5.91 Å². The Morgan fingerprint density at radius 1 is 1.39 bits per heavy atom. The zero-order chi connectivity index (χ0) is 13.1. The van der Waals surface area contributed by atoms with Crippen molar-refractivity contribution in [1.82, 2.24) is 0 Å². The van der Waals surface area contributed by atoms with Crippen molar-refractivity contribution in [2.24, 2.45) is 5.73 Å². The molecule has 5 heteroatoms. The molecule has 2 rings (SSSR count). The second-order valence-electron chi connectivity index (χ2n) is 4.04. The van der Waals surface area contributed by atoms with Crippen molar-refractivity contribution in [3.8, 4) is 0 Å². The average Bonchev–Trinajstić information content (AvgIpc) is 2.73. The van der Waals surface area contributed by atoms with E-state index in [0.717, 1.165) is 16.1 Å². The van der Waals surface area contributed by atoms with Gasteiger partial charge in [-0.3, -0.25) is 4.79 Å². The van der Waals surface area contributed by atoms with Crippen molar-refractivity contribution in [1.29, 1.82) is 0 Å². The van der Waals surface area contributed by atoms with E-state index >= 15 is 0 Å². The Morgan fingerprint density at radius 3 is 2.78 bits per heavy atom. The summed E-state index contributed by atoms with van der Waals surface area (Å²) in [7, 11) is 0. The van der Waals surface area contributed by atoms with Crippen LogP contribution in [-0.4, -0.2) is 5.91 Å². The number of nitrogens with one attached hydrogen (secondary N) is 1. The number of benzene rings is 1. The summed E-state index contributed by atoms with van der Waals surface area (Å²) in [4.78, 5) is 11.9. The van der Waals surface area contributed by atoms with Gasteiger partial charge in [0.1, 0.15) is 5.82 Å². The Labute approximate surface area is 108 Å². The average molecular weight is 264 g/mol. The summed E-state index contributed by atoms with van der Waals surface area (Å²) >= 11 is 1.45. The maximum Gasteiger partial charge on any atom is 0.249 e. The van der Waals surface area contributed by atoms with Gasteiger partial charge in [-0.05, 0) is 36.8 Å². The lowest BCUT2D eigenvalue weighted by molar-refractivity contribution is 0.100. The largest absolute Gasteiger partial charge is 0.380 e. The fourth-order valence-corrected chi connectivity index (χ4v) is 2.44. The molecule has 1 aromatic carbocycles. The van der Waals surface area contributed by atoms with Gasteiger partial charge in [-0.25, -0.2) is 4.39 Å². The summed E-state index contributed by atoms with van der Waals surface area (Å²) in [5.74, 6) is -0.694. The van der Waals surface area contributed by atoms with Gasteiger partial charge in [-0.1, -0.05) is 0 Å². The third-order valence-corrected chi connectivity index (χ3v) is 3.38. The van der Waals surface area contributed by atoms with Gasteiger partial charge in [0, 0.05) is 22.5 Å². The molecular formula is C13H13FN2OS. The van der Waals surface area contributed by atoms with Gasteiger partial charge in [0.2, 0.25) is 5.91 Å². The van der Waals surface area contributed by atoms with Crippen LogP contribution in [0.1, 0.15) is 20.8 Å². The van der Waals surface area contributed by atoms with Gasteiger partial charge in [-0.2, -0.15) is 0 Å². The highest BCUT2D eigenvalue weighted by molar-refractivity contribution is 7.10. The summed E-state index contributed by atoms with van der Waals surface area (Å²) in [6.45, 7) is 2.38. The molecule has 0 aliphatic carbocycles. The SMILES string of the molecule is Cc1cc(F)cc(NCc2cc(C(N)=O)cs2)c1. The minimum Gasteiger partial charge on any atom is -0.380 e. The summed E-state index contributed by atoms with van der Waals surface area (Å²) in [5, 5.41) is 4.83. The molecule has 0 bridgehead atoms. The van der Waals surface area contributed by atoms with Crippen LogP contribution in [0.3, 0.4) is 0 Å². The van der Waals surface area contributed by atoms with Crippen LogP contribution in [0.4, 0.5) is 10.1 Å². The molecule has 1 aromatic heterocycles. The van der Waals surface area contributed by atoms with E-state index in [4.69, 9.17) is 5.73 Å². The number of carbonyl (C=O) groups excluding carboxylic acids is 1. The molecule has 0 aliphatic rings. The van der Waals surface area contributed by atoms with Crippen LogP contribution >= 0.6 is 11.3 Å². The van der Waals surface area contributed by atoms with Crippen molar-refractivity contribution in [3.05, 3.63) is 51.5 Å². The first-order valence-corrected chi connectivity index (χ1v) is 6.31. The monoisotopic (exact) mass is 264 g/mol. The highest BCUT2D eigenvalue weighted by atomic mass is 32.1. The number of nitrogens with two attached hydrogens (primary N) is 1. The molecule has 2 aromatic rings. The van der Waals surface area contributed by atoms with Crippen molar-refractivity contribution >= 4 is 22.9 Å². The Bertz CT molecular complexity index is 560. The Kier molecular flexibility index (Phi) is 3.62. The molecule has 94 valence electrons. The second kappa shape index (κ2) is 5.18. The highest BCUT2D eigenvalue weighted by Gasteiger charge is 2.05. The highest BCUT2D eigenvalue weighted by Crippen LogP contribution is 2.18. The number of anilines is 1. The van der Waals surface area contributed by atoms with Crippen LogP contribution in [0.5, 0.6) is 0 Å². The minimum atomic E-state index is -0.431. The molecule has 0 aliphatic heterocycles. The number of hydrogen-bond donors (Lipinski definition) is 2. The standard InChI is InChI=1S/C13H13FN2OS/c1-8-2-10(14)5-11(3-8)16-6-12-4-9(7-18-12)13(15)17/h2-5,7,16H,6H2,1H3,(H2,15,17). The number of thiophene rings is 1. The molecular weight excluding hydrogens is 251 g/mol. The molecule has 0 radical (unpaired) electrons. The Balaban J connectivity index is 2.04. The molecule has 0 atom stereocenters. The van der Waals surface area contributed by atoms with Crippen molar-refractivity contribution in [2.45, 2.75) is 13.5 Å². The number of carbonyl (C=O) groups is 1. The maximum absolute atomic E-state index is 13.2. The van der Waals surface area contributed by atoms with E-state index in [1.807, 2.05) is 13.0 Å². The topological polar surface area (TPSA) is 55.1 Å². The van der Waals surface area contributed by atoms with Crippen LogP contribution in [0.15, 0.2) is 29.6 Å². The zero-order valence-electron chi connectivity index (χ0n) is 9.87. The number of rotatable bonds is 4. The Hall–Kier alpha value is -1.88. The van der Waals surface area contributed by atoms with Crippen LogP contribution in [0.2, 0.25) is 0 Å². The van der Waals surface area contributed by atoms with Gasteiger partial charge in [-0.15, -0.1) is 11.3 Å². The van der Waals surface area contributed by atoms with Gasteiger partial charge < -0.3 is 11.1 Å². The van der Waals surface area contributed by atoms with E-state index in [1.54, 1.807) is 11.4 Å². The third-order valence-electron chi connectivity index (χ3n) is 2.45. The van der Waals surface area contributed by atoms with Gasteiger partial charge >= 0.3 is 0 Å². The predicted molar refractivity (Wildman–Crippen MR) is 71.3 cm³/mol. The molecule has 0 saturated heterocycles.